The van der Waals surface area contributed by atoms with Crippen LogP contribution in [0, 0.1) is 0 Å². The highest BCUT2D eigenvalue weighted by Crippen LogP contribution is 2.37. The summed E-state index contributed by atoms with van der Waals surface area (Å²) < 4.78 is 54.1. The Morgan fingerprint density at radius 1 is 1.06 bits per heavy atom. The third-order valence-corrected chi connectivity index (χ3v) is 9.27. The van der Waals surface area contributed by atoms with Crippen molar-refractivity contribution in [3.05, 3.63) is 76.9 Å². The Morgan fingerprint density at radius 2 is 1.85 bits per heavy atom. The number of amides is 2. The van der Waals surface area contributed by atoms with Gasteiger partial charge in [-0.2, -0.15) is 13.2 Å². The maximum Gasteiger partial charge on any atom is 0.416 e. The number of benzene rings is 1. The van der Waals surface area contributed by atoms with Crippen molar-refractivity contribution in [3.63, 3.8) is 0 Å². The summed E-state index contributed by atoms with van der Waals surface area (Å²) >= 11 is 0. The highest BCUT2D eigenvalue weighted by Gasteiger charge is 2.35. The molecule has 4 aromatic rings. The zero-order chi connectivity index (χ0) is 33.8. The molecule has 2 N–H and O–H groups in total. The lowest BCUT2D eigenvalue weighted by Gasteiger charge is -2.34. The normalized spacial score (nSPS) is 17.5. The molecule has 0 spiro atoms. The molecule has 1 atom stereocenters. The van der Waals surface area contributed by atoms with Crippen molar-refractivity contribution < 1.29 is 27.4 Å². The van der Waals surface area contributed by atoms with Gasteiger partial charge in [-0.25, -0.2) is 9.78 Å². The van der Waals surface area contributed by atoms with Crippen molar-refractivity contribution in [2.75, 3.05) is 58.3 Å². The van der Waals surface area contributed by atoms with Gasteiger partial charge in [0.1, 0.15) is 17.1 Å². The van der Waals surface area contributed by atoms with Crippen LogP contribution in [0.15, 0.2) is 48.8 Å². The highest BCUT2D eigenvalue weighted by molar-refractivity contribution is 5.89. The predicted molar refractivity (Wildman–Crippen MR) is 177 cm³/mol. The molecule has 10 nitrogen and oxygen atoms in total. The Hall–Kier alpha value is -4.20. The van der Waals surface area contributed by atoms with E-state index < -0.39 is 17.8 Å². The van der Waals surface area contributed by atoms with Gasteiger partial charge in [0.25, 0.3) is 0 Å². The van der Waals surface area contributed by atoms with Gasteiger partial charge in [-0.3, -0.25) is 9.88 Å². The van der Waals surface area contributed by atoms with Crippen molar-refractivity contribution in [2.24, 2.45) is 0 Å². The number of ether oxygens (including phenoxy) is 2. The maximum atomic E-state index is 14.2. The molecule has 0 saturated carbocycles. The number of methoxy groups -OCH3 is 1. The Balaban J connectivity index is 1.17. The van der Waals surface area contributed by atoms with Gasteiger partial charge in [0, 0.05) is 82.8 Å². The van der Waals surface area contributed by atoms with Gasteiger partial charge in [0.15, 0.2) is 0 Å². The fraction of sp³-hybridized carbons (Fsp3) is 0.457. The number of carbonyl (C=O) groups is 1. The topological polar surface area (TPSA) is 98.9 Å². The number of nitrogens with zero attached hydrogens (tertiary/aromatic N) is 5. The van der Waals surface area contributed by atoms with E-state index in [0.29, 0.717) is 36.7 Å². The summed E-state index contributed by atoms with van der Waals surface area (Å²) in [5.74, 6) is 1.10. The van der Waals surface area contributed by atoms with Crippen LogP contribution in [0.3, 0.4) is 0 Å². The van der Waals surface area contributed by atoms with Crippen LogP contribution in [0.1, 0.15) is 54.3 Å². The van der Waals surface area contributed by atoms with Gasteiger partial charge in [0.05, 0.1) is 29.4 Å². The molecule has 3 aromatic heterocycles. The number of nitrogens with one attached hydrogen (secondary N) is 2. The standard InChI is InChI=1S/C35H42F3N7O3/c1-4-23-21-45(34(46)42-26-7-6-24(30(18-26)35(36,37)38)20-44-13-11-43(5-2)12-14-44)22-25-16-28(19-40-32(23)25)48-31-8-10-39-33-29(31)17-27(41-33)9-15-47-3/h6-8,10,16-19,23H,4-5,9,11-15,20-22H2,1-3H3,(H,39,41)(H,42,46)/t23-/m1/s1. The Kier molecular flexibility index (Phi) is 10.2. The lowest BCUT2D eigenvalue weighted by atomic mass is 9.92. The largest absolute Gasteiger partial charge is 0.455 e. The average Bonchev–Trinajstić information content (AvgIpc) is 3.51. The first-order chi connectivity index (χ1) is 23.1. The van der Waals surface area contributed by atoms with Gasteiger partial charge in [-0.15, -0.1) is 0 Å². The van der Waals surface area contributed by atoms with Crippen LogP contribution in [-0.2, 0) is 30.4 Å². The molecule has 0 radical (unpaired) electrons. The second-order valence-electron chi connectivity index (χ2n) is 12.4. The van der Waals surface area contributed by atoms with Crippen LogP contribution >= 0.6 is 0 Å². The Labute approximate surface area is 278 Å². The smallest absolute Gasteiger partial charge is 0.416 e. The van der Waals surface area contributed by atoms with Gasteiger partial charge in [-0.05, 0) is 54.4 Å². The quantitative estimate of drug-likeness (QED) is 0.196. The van der Waals surface area contributed by atoms with E-state index in [9.17, 15) is 18.0 Å². The predicted octanol–water partition coefficient (Wildman–Crippen LogP) is 6.64. The monoisotopic (exact) mass is 665 g/mol. The molecule has 0 unspecified atom stereocenters. The summed E-state index contributed by atoms with van der Waals surface area (Å²) in [6.07, 6.45) is 0.256. The molecular formula is C35H42F3N7O3. The molecule has 1 aromatic carbocycles. The summed E-state index contributed by atoms with van der Waals surface area (Å²) in [5.41, 5.74) is 3.00. The Bertz CT molecular complexity index is 1740. The third-order valence-electron chi connectivity index (χ3n) is 9.27. The molecule has 1 fully saturated rings. The zero-order valence-corrected chi connectivity index (χ0v) is 27.6. The number of halogens is 3. The number of carbonyl (C=O) groups excluding carboxylic acids is 1. The number of hydrogen-bond acceptors (Lipinski definition) is 7. The average molecular weight is 666 g/mol. The number of hydrogen-bond donors (Lipinski definition) is 2. The first-order valence-corrected chi connectivity index (χ1v) is 16.5. The first kappa shape index (κ1) is 33.7. The first-order valence-electron chi connectivity index (χ1n) is 16.5. The second-order valence-corrected chi connectivity index (χ2v) is 12.4. The van der Waals surface area contributed by atoms with E-state index in [1.807, 2.05) is 24.0 Å². The van der Waals surface area contributed by atoms with E-state index in [-0.39, 0.29) is 30.3 Å². The minimum Gasteiger partial charge on any atom is -0.455 e. The number of urea groups is 1. The lowest BCUT2D eigenvalue weighted by Crippen LogP contribution is -2.45. The van der Waals surface area contributed by atoms with Gasteiger partial charge in [-0.1, -0.05) is 19.9 Å². The maximum absolute atomic E-state index is 14.2. The number of likely N-dealkylation sites (N-methyl/N-ethyl adjacent to an activating group) is 1. The van der Waals surface area contributed by atoms with Crippen LogP contribution in [0.5, 0.6) is 11.5 Å². The number of pyridine rings is 2. The van der Waals surface area contributed by atoms with Gasteiger partial charge < -0.3 is 29.6 Å². The summed E-state index contributed by atoms with van der Waals surface area (Å²) in [5, 5.41) is 3.56. The molecular weight excluding hydrogens is 623 g/mol. The van der Waals surface area contributed by atoms with E-state index in [1.165, 1.54) is 6.07 Å². The number of aromatic nitrogens is 3. The molecule has 0 aliphatic carbocycles. The van der Waals surface area contributed by atoms with Crippen molar-refractivity contribution in [1.29, 1.82) is 0 Å². The van der Waals surface area contributed by atoms with Crippen LogP contribution in [0.4, 0.5) is 23.7 Å². The summed E-state index contributed by atoms with van der Waals surface area (Å²) in [6, 6.07) is 9.29. The lowest BCUT2D eigenvalue weighted by molar-refractivity contribution is -0.138. The minimum atomic E-state index is -4.55. The minimum absolute atomic E-state index is 0.0320. The fourth-order valence-corrected chi connectivity index (χ4v) is 6.53. The number of fused-ring (bicyclic) bond motifs is 2. The summed E-state index contributed by atoms with van der Waals surface area (Å²) in [7, 11) is 1.66. The van der Waals surface area contributed by atoms with Crippen LogP contribution in [0.2, 0.25) is 0 Å². The number of alkyl halides is 3. The van der Waals surface area contributed by atoms with Crippen LogP contribution in [-0.4, -0.2) is 88.7 Å². The molecule has 2 amide bonds. The van der Waals surface area contributed by atoms with Gasteiger partial charge >= 0.3 is 12.2 Å². The second kappa shape index (κ2) is 14.5. The third kappa shape index (κ3) is 7.58. The molecule has 6 rings (SSSR count). The van der Waals surface area contributed by atoms with Crippen molar-refractivity contribution in [3.8, 4) is 11.5 Å². The van der Waals surface area contributed by atoms with E-state index in [0.717, 1.165) is 67.5 Å². The van der Waals surface area contributed by atoms with E-state index >= 15 is 0 Å². The fourth-order valence-electron chi connectivity index (χ4n) is 6.53. The van der Waals surface area contributed by atoms with E-state index in [2.05, 4.69) is 27.1 Å². The number of anilines is 1. The molecule has 2 aliphatic heterocycles. The van der Waals surface area contributed by atoms with E-state index in [4.69, 9.17) is 14.5 Å². The zero-order valence-electron chi connectivity index (χ0n) is 27.6. The number of H-pyrrole nitrogens is 1. The highest BCUT2D eigenvalue weighted by atomic mass is 19.4. The number of rotatable bonds is 10. The van der Waals surface area contributed by atoms with Crippen molar-refractivity contribution in [2.45, 2.75) is 51.9 Å². The summed E-state index contributed by atoms with van der Waals surface area (Å²) in [6.45, 7) is 9.58. The van der Waals surface area contributed by atoms with Gasteiger partial charge in [0.2, 0.25) is 0 Å². The molecule has 0 bridgehead atoms. The molecule has 48 heavy (non-hydrogen) atoms. The van der Waals surface area contributed by atoms with Crippen molar-refractivity contribution >= 4 is 22.8 Å². The SMILES string of the molecule is CC[C@@H]1CN(C(=O)Nc2ccc(CN3CCN(CC)CC3)c(C(F)(F)F)c2)Cc2cc(Oc3ccnc4[nH]c(CCOC)cc34)cnc21. The molecule has 5 heterocycles. The number of piperazine rings is 1. The number of aromatic amines is 1. The molecule has 1 saturated heterocycles. The molecule has 2 aliphatic rings. The Morgan fingerprint density at radius 3 is 2.58 bits per heavy atom. The molecule has 256 valence electrons. The van der Waals surface area contributed by atoms with Crippen LogP contribution in [0.25, 0.3) is 11.0 Å². The van der Waals surface area contributed by atoms with Crippen LogP contribution < -0.4 is 10.1 Å². The summed E-state index contributed by atoms with van der Waals surface area (Å²) in [4.78, 5) is 31.9. The van der Waals surface area contributed by atoms with Crippen molar-refractivity contribution in [1.82, 2.24) is 29.7 Å². The van der Waals surface area contributed by atoms with E-state index in [1.54, 1.807) is 36.5 Å². The molecule has 13 heteroatoms.